The third kappa shape index (κ3) is 2.56. The van der Waals surface area contributed by atoms with Crippen LogP contribution in [0.2, 0.25) is 0 Å². The maximum Gasteiger partial charge on any atom is 0.0554 e. The molecular formula is C7H7Cl2N. The van der Waals surface area contributed by atoms with Crippen LogP contribution >= 0.6 is 23.6 Å². The molecule has 0 aliphatic heterocycles. The van der Waals surface area contributed by atoms with Gasteiger partial charge in [-0.3, -0.25) is 0 Å². The summed E-state index contributed by atoms with van der Waals surface area (Å²) in [6.45, 7) is 0.559. The molecule has 0 amide bonds. The lowest BCUT2D eigenvalue weighted by Crippen LogP contribution is -1.96. The average molecular weight is 176 g/mol. The fourth-order valence-corrected chi connectivity index (χ4v) is 0.997. The van der Waals surface area contributed by atoms with E-state index in [0.29, 0.717) is 6.54 Å². The monoisotopic (exact) mass is 175 g/mol. The van der Waals surface area contributed by atoms with Crippen molar-refractivity contribution < 1.29 is 0 Å². The largest absolute Gasteiger partial charge is 0.127 e. The zero-order chi connectivity index (χ0) is 7.40. The molecule has 54 valence electrons. The second-order valence-electron chi connectivity index (χ2n) is 1.95. The summed E-state index contributed by atoms with van der Waals surface area (Å²) < 4.78 is 1.11. The van der Waals surface area contributed by atoms with E-state index in [9.17, 15) is 0 Å². The van der Waals surface area contributed by atoms with E-state index in [0.717, 1.165) is 9.50 Å². The maximum absolute atomic E-state index is 5.41. The molecule has 1 aromatic carbocycles. The van der Waals surface area contributed by atoms with Crippen LogP contribution in [0.15, 0.2) is 30.3 Å². The van der Waals surface area contributed by atoms with Crippen molar-refractivity contribution in [2.75, 3.05) is 0 Å². The Balaban J connectivity index is 2.59. The molecular weight excluding hydrogens is 169 g/mol. The van der Waals surface area contributed by atoms with Crippen LogP contribution in [0.3, 0.4) is 0 Å². The van der Waals surface area contributed by atoms with Gasteiger partial charge < -0.3 is 0 Å². The lowest BCUT2D eigenvalue weighted by atomic mass is 10.2. The molecule has 10 heavy (non-hydrogen) atoms. The molecule has 0 unspecified atom stereocenters. The van der Waals surface area contributed by atoms with E-state index in [-0.39, 0.29) is 0 Å². The average Bonchev–Trinajstić information content (AvgIpc) is 1.88. The molecule has 0 heterocycles. The molecule has 0 aromatic heterocycles. The van der Waals surface area contributed by atoms with Crippen molar-refractivity contribution in [2.24, 2.45) is 0 Å². The highest BCUT2D eigenvalue weighted by molar-refractivity contribution is 6.33. The predicted octanol–water partition coefficient (Wildman–Crippen LogP) is 2.80. The third-order valence-corrected chi connectivity index (χ3v) is 1.38. The van der Waals surface area contributed by atoms with Crippen LogP contribution in [0.25, 0.3) is 0 Å². The number of halogens is 2. The molecule has 1 aromatic rings. The normalized spacial score (nSPS) is 10.3. The minimum atomic E-state index is 0.559. The second kappa shape index (κ2) is 3.81. The molecule has 0 fully saturated rings. The summed E-state index contributed by atoms with van der Waals surface area (Å²) in [6, 6.07) is 9.80. The van der Waals surface area contributed by atoms with E-state index < -0.39 is 0 Å². The van der Waals surface area contributed by atoms with Gasteiger partial charge in [0.2, 0.25) is 0 Å². The van der Waals surface area contributed by atoms with Gasteiger partial charge >= 0.3 is 0 Å². The quantitative estimate of drug-likeness (QED) is 0.626. The summed E-state index contributed by atoms with van der Waals surface area (Å²) in [6.07, 6.45) is 0. The van der Waals surface area contributed by atoms with Crippen LogP contribution in [0, 0.1) is 0 Å². The molecule has 1 rings (SSSR count). The van der Waals surface area contributed by atoms with Gasteiger partial charge in [-0.15, -0.1) is 3.94 Å². The predicted molar refractivity (Wildman–Crippen MR) is 43.7 cm³/mol. The van der Waals surface area contributed by atoms with Gasteiger partial charge in [-0.25, -0.2) is 0 Å². The van der Waals surface area contributed by atoms with Gasteiger partial charge in [0.25, 0.3) is 0 Å². The van der Waals surface area contributed by atoms with Crippen molar-refractivity contribution in [2.45, 2.75) is 6.54 Å². The summed E-state index contributed by atoms with van der Waals surface area (Å²) in [4.78, 5) is 0. The molecule has 0 saturated carbocycles. The van der Waals surface area contributed by atoms with Crippen LogP contribution in [0.1, 0.15) is 5.56 Å². The summed E-state index contributed by atoms with van der Waals surface area (Å²) >= 11 is 10.8. The Hall–Kier alpha value is -0.240. The Labute approximate surface area is 70.4 Å². The standard InChI is InChI=1S/C7H7Cl2N/c8-10(9)6-7-4-2-1-3-5-7/h1-5H,6H2. The molecule has 0 aliphatic carbocycles. The highest BCUT2D eigenvalue weighted by Crippen LogP contribution is 2.07. The Kier molecular flexibility index (Phi) is 3.00. The van der Waals surface area contributed by atoms with Gasteiger partial charge in [0.1, 0.15) is 0 Å². The van der Waals surface area contributed by atoms with E-state index in [1.54, 1.807) is 0 Å². The Morgan fingerprint density at radius 2 is 1.70 bits per heavy atom. The van der Waals surface area contributed by atoms with Crippen molar-refractivity contribution in [3.05, 3.63) is 35.9 Å². The summed E-state index contributed by atoms with van der Waals surface area (Å²) in [5.41, 5.74) is 1.10. The first-order valence-electron chi connectivity index (χ1n) is 2.92. The van der Waals surface area contributed by atoms with Crippen LogP contribution in [0.4, 0.5) is 0 Å². The first-order valence-corrected chi connectivity index (χ1v) is 3.59. The van der Waals surface area contributed by atoms with E-state index in [4.69, 9.17) is 23.6 Å². The fraction of sp³-hybridized carbons (Fsp3) is 0.143. The molecule has 0 N–H and O–H groups in total. The van der Waals surface area contributed by atoms with E-state index >= 15 is 0 Å². The van der Waals surface area contributed by atoms with Gasteiger partial charge in [-0.1, -0.05) is 30.3 Å². The lowest BCUT2D eigenvalue weighted by molar-refractivity contribution is 0.704. The van der Waals surface area contributed by atoms with Crippen LogP contribution < -0.4 is 0 Å². The van der Waals surface area contributed by atoms with Gasteiger partial charge in [-0.2, -0.15) is 0 Å². The Bertz CT molecular complexity index is 186. The van der Waals surface area contributed by atoms with Crippen LogP contribution in [0.5, 0.6) is 0 Å². The summed E-state index contributed by atoms with van der Waals surface area (Å²) in [7, 11) is 0. The molecule has 0 aliphatic rings. The number of hydrogen-bond donors (Lipinski definition) is 0. The van der Waals surface area contributed by atoms with Gasteiger partial charge in [-0.05, 0) is 29.1 Å². The van der Waals surface area contributed by atoms with E-state index in [1.165, 1.54) is 0 Å². The highest BCUT2D eigenvalue weighted by atomic mass is 35.5. The molecule has 0 radical (unpaired) electrons. The van der Waals surface area contributed by atoms with Crippen molar-refractivity contribution >= 4 is 23.6 Å². The van der Waals surface area contributed by atoms with Crippen molar-refractivity contribution in [1.82, 2.24) is 3.94 Å². The first kappa shape index (κ1) is 7.86. The van der Waals surface area contributed by atoms with E-state index in [1.807, 2.05) is 30.3 Å². The van der Waals surface area contributed by atoms with Gasteiger partial charge in [0.15, 0.2) is 0 Å². The first-order chi connectivity index (χ1) is 4.79. The van der Waals surface area contributed by atoms with Gasteiger partial charge in [0.05, 0.1) is 6.54 Å². The van der Waals surface area contributed by atoms with Crippen LogP contribution in [-0.4, -0.2) is 3.94 Å². The van der Waals surface area contributed by atoms with Crippen molar-refractivity contribution in [3.8, 4) is 0 Å². The number of hydrogen-bond acceptors (Lipinski definition) is 1. The lowest BCUT2D eigenvalue weighted by Gasteiger charge is -2.01. The number of benzene rings is 1. The Morgan fingerprint density at radius 3 is 2.20 bits per heavy atom. The molecule has 0 saturated heterocycles. The zero-order valence-electron chi connectivity index (χ0n) is 5.30. The summed E-state index contributed by atoms with van der Waals surface area (Å²) in [5, 5.41) is 0. The molecule has 3 heteroatoms. The van der Waals surface area contributed by atoms with Crippen molar-refractivity contribution in [1.29, 1.82) is 0 Å². The topological polar surface area (TPSA) is 3.24 Å². The SMILES string of the molecule is ClN(Cl)Cc1ccccc1. The minimum Gasteiger partial charge on any atom is -0.127 e. The molecule has 0 atom stereocenters. The minimum absolute atomic E-state index is 0.559. The number of nitrogens with zero attached hydrogens (tertiary/aromatic N) is 1. The van der Waals surface area contributed by atoms with Crippen LogP contribution in [-0.2, 0) is 6.54 Å². The van der Waals surface area contributed by atoms with Crippen molar-refractivity contribution in [3.63, 3.8) is 0 Å². The highest BCUT2D eigenvalue weighted by Gasteiger charge is 1.95. The summed E-state index contributed by atoms with van der Waals surface area (Å²) in [5.74, 6) is 0. The fourth-order valence-electron chi connectivity index (χ4n) is 0.721. The molecule has 0 spiro atoms. The second-order valence-corrected chi connectivity index (χ2v) is 2.94. The van der Waals surface area contributed by atoms with Gasteiger partial charge in [0, 0.05) is 0 Å². The molecule has 1 nitrogen and oxygen atoms in total. The smallest absolute Gasteiger partial charge is 0.0554 e. The molecule has 0 bridgehead atoms. The zero-order valence-corrected chi connectivity index (χ0v) is 6.81. The Morgan fingerprint density at radius 1 is 1.10 bits per heavy atom. The third-order valence-electron chi connectivity index (χ3n) is 1.14. The maximum atomic E-state index is 5.41. The van der Waals surface area contributed by atoms with E-state index in [2.05, 4.69) is 0 Å². The number of rotatable bonds is 2.